The standard InChI is InChI=1S/C14H17ClN2OS/c1-10-9-19-14(17-10)5-6-16-8-11-7-12(15)3-4-13(11)18-2/h3-4,7,9,16H,5-6,8H2,1-2H3. The number of halogens is 1. The summed E-state index contributed by atoms with van der Waals surface area (Å²) in [6, 6.07) is 5.66. The number of rotatable bonds is 6. The highest BCUT2D eigenvalue weighted by Crippen LogP contribution is 2.22. The van der Waals surface area contributed by atoms with Gasteiger partial charge in [-0.15, -0.1) is 11.3 Å². The van der Waals surface area contributed by atoms with E-state index < -0.39 is 0 Å². The fraction of sp³-hybridized carbons (Fsp3) is 0.357. The Labute approximate surface area is 122 Å². The summed E-state index contributed by atoms with van der Waals surface area (Å²) in [5, 5.41) is 7.37. The van der Waals surface area contributed by atoms with E-state index in [0.29, 0.717) is 0 Å². The first kappa shape index (κ1) is 14.3. The summed E-state index contributed by atoms with van der Waals surface area (Å²) in [6.07, 6.45) is 0.946. The number of hydrogen-bond acceptors (Lipinski definition) is 4. The molecule has 0 aliphatic rings. The first-order chi connectivity index (χ1) is 9.19. The maximum Gasteiger partial charge on any atom is 0.123 e. The van der Waals surface area contributed by atoms with Crippen molar-refractivity contribution in [1.82, 2.24) is 10.3 Å². The van der Waals surface area contributed by atoms with Gasteiger partial charge in [0.05, 0.1) is 12.1 Å². The molecular weight excluding hydrogens is 280 g/mol. The van der Waals surface area contributed by atoms with E-state index in [1.165, 1.54) is 5.01 Å². The summed E-state index contributed by atoms with van der Waals surface area (Å²) in [6.45, 7) is 3.65. The molecular formula is C14H17ClN2OS. The number of nitrogens with one attached hydrogen (secondary N) is 1. The second-order valence-electron chi connectivity index (χ2n) is 4.27. The zero-order chi connectivity index (χ0) is 13.7. The molecule has 2 aromatic rings. The summed E-state index contributed by atoms with van der Waals surface area (Å²) in [4.78, 5) is 4.44. The smallest absolute Gasteiger partial charge is 0.123 e. The lowest BCUT2D eigenvalue weighted by atomic mass is 10.2. The van der Waals surface area contributed by atoms with E-state index in [0.717, 1.165) is 41.5 Å². The predicted molar refractivity (Wildman–Crippen MR) is 80.3 cm³/mol. The van der Waals surface area contributed by atoms with Gasteiger partial charge in [0, 0.05) is 41.2 Å². The molecule has 102 valence electrons. The van der Waals surface area contributed by atoms with E-state index >= 15 is 0 Å². The summed E-state index contributed by atoms with van der Waals surface area (Å²) < 4.78 is 5.31. The minimum Gasteiger partial charge on any atom is -0.496 e. The van der Waals surface area contributed by atoms with Crippen molar-refractivity contribution in [3.63, 3.8) is 0 Å². The Morgan fingerprint density at radius 1 is 1.42 bits per heavy atom. The van der Waals surface area contributed by atoms with Crippen LogP contribution in [0.4, 0.5) is 0 Å². The van der Waals surface area contributed by atoms with E-state index in [1.54, 1.807) is 18.4 Å². The predicted octanol–water partition coefficient (Wildman–Crippen LogP) is 3.45. The Morgan fingerprint density at radius 3 is 2.95 bits per heavy atom. The third-order valence-corrected chi connectivity index (χ3v) is 4.00. The van der Waals surface area contributed by atoms with Crippen molar-refractivity contribution in [1.29, 1.82) is 0 Å². The van der Waals surface area contributed by atoms with E-state index in [1.807, 2.05) is 25.1 Å². The number of nitrogens with zero attached hydrogens (tertiary/aromatic N) is 1. The average molecular weight is 297 g/mol. The lowest BCUT2D eigenvalue weighted by Crippen LogP contribution is -2.17. The van der Waals surface area contributed by atoms with Crippen molar-refractivity contribution < 1.29 is 4.74 Å². The maximum absolute atomic E-state index is 5.99. The molecule has 0 unspecified atom stereocenters. The van der Waals surface area contributed by atoms with Gasteiger partial charge in [-0.05, 0) is 25.1 Å². The van der Waals surface area contributed by atoms with Crippen molar-refractivity contribution in [2.75, 3.05) is 13.7 Å². The van der Waals surface area contributed by atoms with Crippen LogP contribution in [0.3, 0.4) is 0 Å². The van der Waals surface area contributed by atoms with Crippen LogP contribution in [-0.2, 0) is 13.0 Å². The van der Waals surface area contributed by atoms with Crippen molar-refractivity contribution in [3.05, 3.63) is 44.9 Å². The molecule has 0 atom stereocenters. The van der Waals surface area contributed by atoms with Gasteiger partial charge in [0.25, 0.3) is 0 Å². The number of hydrogen-bond donors (Lipinski definition) is 1. The molecule has 1 aromatic carbocycles. The average Bonchev–Trinajstić information content (AvgIpc) is 2.81. The molecule has 0 bridgehead atoms. The quantitative estimate of drug-likeness (QED) is 0.829. The Hall–Kier alpha value is -1.10. The van der Waals surface area contributed by atoms with Crippen molar-refractivity contribution in [2.45, 2.75) is 19.9 Å². The SMILES string of the molecule is COc1ccc(Cl)cc1CNCCc1nc(C)cs1. The van der Waals surface area contributed by atoms with Gasteiger partial charge < -0.3 is 10.1 Å². The highest BCUT2D eigenvalue weighted by Gasteiger charge is 2.04. The van der Waals surface area contributed by atoms with Crippen LogP contribution < -0.4 is 10.1 Å². The van der Waals surface area contributed by atoms with Crippen molar-refractivity contribution in [2.24, 2.45) is 0 Å². The van der Waals surface area contributed by atoms with Crippen LogP contribution in [0, 0.1) is 6.92 Å². The third-order valence-electron chi connectivity index (χ3n) is 2.74. The Bertz CT molecular complexity index is 542. The van der Waals surface area contributed by atoms with E-state index in [4.69, 9.17) is 16.3 Å². The molecule has 0 amide bonds. The number of benzene rings is 1. The second-order valence-corrected chi connectivity index (χ2v) is 5.64. The minimum absolute atomic E-state index is 0.730. The van der Waals surface area contributed by atoms with Gasteiger partial charge in [-0.1, -0.05) is 11.6 Å². The number of methoxy groups -OCH3 is 1. The summed E-state index contributed by atoms with van der Waals surface area (Å²) in [5.41, 5.74) is 2.17. The lowest BCUT2D eigenvalue weighted by Gasteiger charge is -2.09. The molecule has 0 saturated heterocycles. The fourth-order valence-corrected chi connectivity index (χ4v) is 2.79. The molecule has 0 radical (unpaired) electrons. The zero-order valence-corrected chi connectivity index (χ0v) is 12.6. The largest absolute Gasteiger partial charge is 0.496 e. The van der Waals surface area contributed by atoms with Crippen molar-refractivity contribution in [3.8, 4) is 5.75 Å². The highest BCUT2D eigenvalue weighted by molar-refractivity contribution is 7.09. The van der Waals surface area contributed by atoms with Crippen LogP contribution in [-0.4, -0.2) is 18.6 Å². The number of aryl methyl sites for hydroxylation is 1. The third kappa shape index (κ3) is 4.20. The van der Waals surface area contributed by atoms with Gasteiger partial charge in [0.1, 0.15) is 5.75 Å². The van der Waals surface area contributed by atoms with Crippen LogP contribution in [0.5, 0.6) is 5.75 Å². The molecule has 0 spiro atoms. The molecule has 1 heterocycles. The molecule has 5 heteroatoms. The summed E-state index contributed by atoms with van der Waals surface area (Å²) >= 11 is 7.70. The Morgan fingerprint density at radius 2 is 2.26 bits per heavy atom. The second kappa shape index (κ2) is 6.89. The molecule has 0 saturated carbocycles. The van der Waals surface area contributed by atoms with Gasteiger partial charge in [-0.3, -0.25) is 0 Å². The molecule has 1 N–H and O–H groups in total. The molecule has 19 heavy (non-hydrogen) atoms. The molecule has 0 aliphatic carbocycles. The minimum atomic E-state index is 0.730. The van der Waals surface area contributed by atoms with Crippen LogP contribution >= 0.6 is 22.9 Å². The van der Waals surface area contributed by atoms with Gasteiger partial charge in [0.2, 0.25) is 0 Å². The van der Waals surface area contributed by atoms with Crippen LogP contribution in [0.15, 0.2) is 23.6 Å². The topological polar surface area (TPSA) is 34.1 Å². The molecule has 1 aromatic heterocycles. The number of ether oxygens (including phenoxy) is 1. The van der Waals surface area contributed by atoms with E-state index in [-0.39, 0.29) is 0 Å². The van der Waals surface area contributed by atoms with Gasteiger partial charge >= 0.3 is 0 Å². The highest BCUT2D eigenvalue weighted by atomic mass is 35.5. The fourth-order valence-electron chi connectivity index (χ4n) is 1.82. The van der Waals surface area contributed by atoms with Gasteiger partial charge in [0.15, 0.2) is 0 Å². The molecule has 0 aliphatic heterocycles. The first-order valence-corrected chi connectivity index (χ1v) is 7.39. The number of thiazole rings is 1. The Balaban J connectivity index is 1.83. The normalized spacial score (nSPS) is 10.7. The monoisotopic (exact) mass is 296 g/mol. The Kier molecular flexibility index (Phi) is 5.19. The first-order valence-electron chi connectivity index (χ1n) is 6.13. The van der Waals surface area contributed by atoms with Crippen molar-refractivity contribution >= 4 is 22.9 Å². The van der Waals surface area contributed by atoms with E-state index in [9.17, 15) is 0 Å². The van der Waals surface area contributed by atoms with Gasteiger partial charge in [-0.25, -0.2) is 4.98 Å². The number of aromatic nitrogens is 1. The van der Waals surface area contributed by atoms with Crippen LogP contribution in [0.2, 0.25) is 5.02 Å². The molecule has 2 rings (SSSR count). The van der Waals surface area contributed by atoms with E-state index in [2.05, 4.69) is 15.7 Å². The summed E-state index contributed by atoms with van der Waals surface area (Å²) in [7, 11) is 1.67. The maximum atomic E-state index is 5.99. The van der Waals surface area contributed by atoms with Gasteiger partial charge in [-0.2, -0.15) is 0 Å². The molecule has 3 nitrogen and oxygen atoms in total. The zero-order valence-electron chi connectivity index (χ0n) is 11.1. The van der Waals surface area contributed by atoms with Crippen LogP contribution in [0.1, 0.15) is 16.3 Å². The lowest BCUT2D eigenvalue weighted by molar-refractivity contribution is 0.408. The van der Waals surface area contributed by atoms with Crippen LogP contribution in [0.25, 0.3) is 0 Å². The summed E-state index contributed by atoms with van der Waals surface area (Å²) in [5.74, 6) is 0.863. The molecule has 0 fully saturated rings.